The van der Waals surface area contributed by atoms with Gasteiger partial charge in [-0.25, -0.2) is 0 Å². The summed E-state index contributed by atoms with van der Waals surface area (Å²) in [4.78, 5) is 11.5. The van der Waals surface area contributed by atoms with E-state index < -0.39 is 11.4 Å². The maximum Gasteiger partial charge on any atom is 0.314 e. The fourth-order valence-corrected chi connectivity index (χ4v) is 2.79. The van der Waals surface area contributed by atoms with Gasteiger partial charge in [0, 0.05) is 0 Å². The van der Waals surface area contributed by atoms with Gasteiger partial charge in [-0.05, 0) is 24.3 Å². The summed E-state index contributed by atoms with van der Waals surface area (Å²) in [6.45, 7) is 2.05. The lowest BCUT2D eigenvalue weighted by molar-refractivity contribution is -0.145. The molecule has 0 unspecified atom stereocenters. The largest absolute Gasteiger partial charge is 0.481 e. The predicted octanol–water partition coefficient (Wildman–Crippen LogP) is 2.83. The minimum absolute atomic E-state index is 0.234. The van der Waals surface area contributed by atoms with E-state index >= 15 is 0 Å². The van der Waals surface area contributed by atoms with Crippen LogP contribution in [0.3, 0.4) is 0 Å². The van der Waals surface area contributed by atoms with Crippen molar-refractivity contribution in [3.8, 4) is 0 Å². The first-order valence-electron chi connectivity index (χ1n) is 5.47. The Morgan fingerprint density at radius 3 is 2.53 bits per heavy atom. The zero-order valence-electron chi connectivity index (χ0n) is 8.94. The summed E-state index contributed by atoms with van der Waals surface area (Å²) in [6, 6.07) is 9.65. The van der Waals surface area contributed by atoms with Gasteiger partial charge in [0.2, 0.25) is 0 Å². The third-order valence-electron chi connectivity index (χ3n) is 3.72. The van der Waals surface area contributed by atoms with Gasteiger partial charge in [-0.3, -0.25) is 4.79 Å². The highest BCUT2D eigenvalue weighted by Gasteiger charge is 2.48. The van der Waals surface area contributed by atoms with E-state index in [1.807, 2.05) is 37.3 Å². The minimum atomic E-state index is -0.668. The van der Waals surface area contributed by atoms with Crippen molar-refractivity contribution < 1.29 is 9.90 Å². The summed E-state index contributed by atoms with van der Waals surface area (Å²) in [5.41, 5.74) is 0.323. The lowest BCUT2D eigenvalue weighted by Gasteiger charge is -2.29. The van der Waals surface area contributed by atoms with Gasteiger partial charge in [0.25, 0.3) is 0 Å². The van der Waals surface area contributed by atoms with Crippen LogP contribution in [0.1, 0.15) is 31.7 Å². The van der Waals surface area contributed by atoms with E-state index in [1.165, 1.54) is 0 Å². The molecule has 2 rings (SSSR count). The molecule has 0 aliphatic heterocycles. The molecule has 0 amide bonds. The van der Waals surface area contributed by atoms with Crippen molar-refractivity contribution in [3.05, 3.63) is 35.9 Å². The molecule has 1 aromatic rings. The third-order valence-corrected chi connectivity index (χ3v) is 3.72. The molecule has 2 heteroatoms. The molecule has 0 spiro atoms. The molecular formula is C13H16O2. The van der Waals surface area contributed by atoms with E-state index in [4.69, 9.17) is 0 Å². The normalized spacial score (nSPS) is 30.3. The number of hydrogen-bond acceptors (Lipinski definition) is 1. The molecule has 1 aliphatic rings. The predicted molar refractivity (Wildman–Crippen MR) is 58.8 cm³/mol. The van der Waals surface area contributed by atoms with Crippen molar-refractivity contribution in [2.24, 2.45) is 5.92 Å². The van der Waals surface area contributed by atoms with Gasteiger partial charge in [0.15, 0.2) is 0 Å². The fourth-order valence-electron chi connectivity index (χ4n) is 2.79. The van der Waals surface area contributed by atoms with E-state index in [1.54, 1.807) is 0 Å². The molecule has 1 aliphatic carbocycles. The highest BCUT2D eigenvalue weighted by atomic mass is 16.4. The zero-order valence-corrected chi connectivity index (χ0v) is 8.94. The maximum absolute atomic E-state index is 11.5. The Balaban J connectivity index is 2.49. The Labute approximate surface area is 89.9 Å². The Morgan fingerprint density at radius 2 is 2.07 bits per heavy atom. The van der Waals surface area contributed by atoms with Gasteiger partial charge in [-0.2, -0.15) is 0 Å². The lowest BCUT2D eigenvalue weighted by atomic mass is 9.73. The van der Waals surface area contributed by atoms with E-state index in [9.17, 15) is 9.90 Å². The molecular weight excluding hydrogens is 188 g/mol. The standard InChI is InChI=1S/C13H16O2/c1-10-6-5-9-13(10,12(14)15)11-7-3-2-4-8-11/h2-4,7-8,10H,5-6,9H2,1H3,(H,14,15)/t10-,13+/m1/s1. The molecule has 1 saturated carbocycles. The van der Waals surface area contributed by atoms with E-state index in [0.717, 1.165) is 24.8 Å². The van der Waals surface area contributed by atoms with Gasteiger partial charge < -0.3 is 5.11 Å². The van der Waals surface area contributed by atoms with Crippen LogP contribution in [0.2, 0.25) is 0 Å². The van der Waals surface area contributed by atoms with Crippen LogP contribution in [0, 0.1) is 5.92 Å². The zero-order chi connectivity index (χ0) is 10.9. The monoisotopic (exact) mass is 204 g/mol. The Bertz CT molecular complexity index is 358. The minimum Gasteiger partial charge on any atom is -0.481 e. The highest BCUT2D eigenvalue weighted by molar-refractivity contribution is 5.82. The molecule has 0 saturated heterocycles. The SMILES string of the molecule is C[C@@H]1CCC[C@@]1(C(=O)O)c1ccccc1. The second-order valence-corrected chi connectivity index (χ2v) is 4.44. The van der Waals surface area contributed by atoms with Crippen LogP contribution in [-0.2, 0) is 10.2 Å². The lowest BCUT2D eigenvalue weighted by Crippen LogP contribution is -2.38. The average molecular weight is 204 g/mol. The molecule has 0 radical (unpaired) electrons. The number of carboxylic acids is 1. The molecule has 1 N–H and O–H groups in total. The van der Waals surface area contributed by atoms with Crippen LogP contribution >= 0.6 is 0 Å². The number of carbonyl (C=O) groups is 1. The fraction of sp³-hybridized carbons (Fsp3) is 0.462. The molecule has 2 nitrogen and oxygen atoms in total. The topological polar surface area (TPSA) is 37.3 Å². The molecule has 1 fully saturated rings. The summed E-state index contributed by atoms with van der Waals surface area (Å²) >= 11 is 0. The Morgan fingerprint density at radius 1 is 1.40 bits per heavy atom. The summed E-state index contributed by atoms with van der Waals surface area (Å²) in [7, 11) is 0. The van der Waals surface area contributed by atoms with Crippen LogP contribution in [-0.4, -0.2) is 11.1 Å². The number of rotatable bonds is 2. The quantitative estimate of drug-likeness (QED) is 0.804. The maximum atomic E-state index is 11.5. The van der Waals surface area contributed by atoms with Crippen LogP contribution in [0.5, 0.6) is 0 Å². The first kappa shape index (κ1) is 10.2. The van der Waals surface area contributed by atoms with Gasteiger partial charge in [0.05, 0.1) is 5.41 Å². The molecule has 15 heavy (non-hydrogen) atoms. The van der Waals surface area contributed by atoms with Crippen molar-refractivity contribution in [2.75, 3.05) is 0 Å². The van der Waals surface area contributed by atoms with Crippen LogP contribution in [0.25, 0.3) is 0 Å². The Hall–Kier alpha value is -1.31. The van der Waals surface area contributed by atoms with Crippen LogP contribution < -0.4 is 0 Å². The second kappa shape index (κ2) is 3.69. The van der Waals surface area contributed by atoms with Crippen molar-refractivity contribution in [2.45, 2.75) is 31.6 Å². The summed E-state index contributed by atoms with van der Waals surface area (Å²) in [5.74, 6) is -0.434. The molecule has 0 bridgehead atoms. The smallest absolute Gasteiger partial charge is 0.314 e. The van der Waals surface area contributed by atoms with Gasteiger partial charge in [-0.1, -0.05) is 43.7 Å². The van der Waals surface area contributed by atoms with Crippen molar-refractivity contribution in [3.63, 3.8) is 0 Å². The first-order valence-corrected chi connectivity index (χ1v) is 5.47. The average Bonchev–Trinajstić information content (AvgIpc) is 2.62. The van der Waals surface area contributed by atoms with E-state index in [2.05, 4.69) is 0 Å². The van der Waals surface area contributed by atoms with E-state index in [-0.39, 0.29) is 5.92 Å². The molecule has 1 aromatic carbocycles. The van der Waals surface area contributed by atoms with Gasteiger partial charge >= 0.3 is 5.97 Å². The summed E-state index contributed by atoms with van der Waals surface area (Å²) in [5, 5.41) is 9.49. The Kier molecular flexibility index (Phi) is 2.51. The number of carboxylic acid groups (broad SMARTS) is 1. The second-order valence-electron chi connectivity index (χ2n) is 4.44. The van der Waals surface area contributed by atoms with Gasteiger partial charge in [-0.15, -0.1) is 0 Å². The summed E-state index contributed by atoms with van der Waals surface area (Å²) in [6.07, 6.45) is 2.80. The molecule has 0 aromatic heterocycles. The van der Waals surface area contributed by atoms with Crippen molar-refractivity contribution in [1.82, 2.24) is 0 Å². The first-order chi connectivity index (χ1) is 7.18. The molecule has 80 valence electrons. The molecule has 2 atom stereocenters. The molecule has 0 heterocycles. The third kappa shape index (κ3) is 1.44. The van der Waals surface area contributed by atoms with E-state index in [0.29, 0.717) is 0 Å². The number of aliphatic carboxylic acids is 1. The number of hydrogen-bond donors (Lipinski definition) is 1. The number of benzene rings is 1. The van der Waals surface area contributed by atoms with Crippen molar-refractivity contribution >= 4 is 5.97 Å². The van der Waals surface area contributed by atoms with Crippen molar-refractivity contribution in [1.29, 1.82) is 0 Å². The van der Waals surface area contributed by atoms with Gasteiger partial charge in [0.1, 0.15) is 0 Å². The van der Waals surface area contributed by atoms with Crippen LogP contribution in [0.15, 0.2) is 30.3 Å². The van der Waals surface area contributed by atoms with Crippen LogP contribution in [0.4, 0.5) is 0 Å². The highest BCUT2D eigenvalue weighted by Crippen LogP contribution is 2.45. The summed E-state index contributed by atoms with van der Waals surface area (Å²) < 4.78 is 0.